The maximum absolute atomic E-state index is 12.9. The normalized spacial score (nSPS) is 52.2. The summed E-state index contributed by atoms with van der Waals surface area (Å²) < 4.78 is 60.2. The van der Waals surface area contributed by atoms with Gasteiger partial charge in [-0.1, -0.05) is 74.0 Å². The maximum atomic E-state index is 12.9. The van der Waals surface area contributed by atoms with E-state index in [1.54, 1.807) is 0 Å². The van der Waals surface area contributed by atoms with Crippen molar-refractivity contribution >= 4 is 0 Å². The predicted octanol–water partition coefficient (Wildman–Crippen LogP) is -3.10. The molecule has 9 rings (SSSR count). The van der Waals surface area contributed by atoms with Crippen LogP contribution in [-0.2, 0) is 47.4 Å². The van der Waals surface area contributed by atoms with Crippen molar-refractivity contribution in [3.8, 4) is 0 Å². The van der Waals surface area contributed by atoms with E-state index in [4.69, 9.17) is 47.4 Å². The van der Waals surface area contributed by atoms with Gasteiger partial charge in [0.05, 0.1) is 50.8 Å². The molecule has 17 N–H and O–H groups in total. The third kappa shape index (κ3) is 12.7. The molecule has 5 heterocycles. The van der Waals surface area contributed by atoms with Crippen LogP contribution >= 0.6 is 0 Å². The van der Waals surface area contributed by atoms with E-state index in [9.17, 15) is 86.8 Å². The smallest absolute Gasteiger partial charge is 0.187 e. The fraction of sp³-hybridized carbons (Fsp3) is 0.967. The number of allylic oxidation sites excluding steroid dienone is 1. The van der Waals surface area contributed by atoms with Crippen LogP contribution in [0.1, 0.15) is 121 Å². The van der Waals surface area contributed by atoms with E-state index in [0.717, 1.165) is 18.4 Å². The number of hydrogen-bond acceptors (Lipinski definition) is 27. The van der Waals surface area contributed by atoms with Crippen LogP contribution in [0.2, 0.25) is 0 Å². The Kier molecular flexibility index (Phi) is 21.8. The fourth-order valence-electron chi connectivity index (χ4n) is 17.1. The summed E-state index contributed by atoms with van der Waals surface area (Å²) in [6, 6.07) is 0. The molecule has 4 aliphatic carbocycles. The fourth-order valence-corrected chi connectivity index (χ4v) is 17.1. The second-order valence-corrected chi connectivity index (χ2v) is 29.4. The lowest BCUT2D eigenvalue weighted by molar-refractivity contribution is -0.377. The molecule has 27 heteroatoms. The highest BCUT2D eigenvalue weighted by Gasteiger charge is 2.70. The molecule has 5 saturated heterocycles. The number of aliphatic hydroxyl groups is 17. The molecule has 0 amide bonds. The lowest BCUT2D eigenvalue weighted by atomic mass is 9.38. The van der Waals surface area contributed by atoms with Crippen molar-refractivity contribution in [2.75, 3.05) is 26.4 Å². The van der Waals surface area contributed by atoms with Crippen molar-refractivity contribution in [2.45, 2.75) is 292 Å². The first-order chi connectivity index (χ1) is 41.1. The van der Waals surface area contributed by atoms with Gasteiger partial charge < -0.3 is 134 Å². The van der Waals surface area contributed by atoms with E-state index >= 15 is 0 Å². The highest BCUT2D eigenvalue weighted by atomic mass is 16.8. The van der Waals surface area contributed by atoms with Gasteiger partial charge in [-0.15, -0.1) is 0 Å². The second-order valence-electron chi connectivity index (χ2n) is 29.4. The van der Waals surface area contributed by atoms with Gasteiger partial charge in [-0.05, 0) is 98.2 Å². The molecule has 8 fully saturated rings. The topological polar surface area (TPSA) is 436 Å². The second kappa shape index (κ2) is 27.0. The third-order valence-corrected chi connectivity index (χ3v) is 23.0. The predicted molar refractivity (Wildman–Crippen MR) is 302 cm³/mol. The Hall–Kier alpha value is -1.34. The van der Waals surface area contributed by atoms with E-state index in [2.05, 4.69) is 47.6 Å². The van der Waals surface area contributed by atoms with Gasteiger partial charge in [0.15, 0.2) is 31.5 Å². The molecule has 5 aliphatic heterocycles. The number of fused-ring (bicyclic) bond motifs is 5. The monoisotopic (exact) mass is 1270 g/mol. The Labute approximate surface area is 514 Å². The van der Waals surface area contributed by atoms with Gasteiger partial charge in [0.2, 0.25) is 0 Å². The van der Waals surface area contributed by atoms with Crippen molar-refractivity contribution in [3.05, 3.63) is 11.6 Å². The van der Waals surface area contributed by atoms with E-state index in [-0.39, 0.29) is 34.5 Å². The zero-order valence-corrected chi connectivity index (χ0v) is 52.2. The van der Waals surface area contributed by atoms with Crippen LogP contribution in [0, 0.1) is 50.7 Å². The minimum Gasteiger partial charge on any atom is -0.394 e. The molecular weight excluding hydrogens is 1160 g/mol. The first-order valence-corrected chi connectivity index (χ1v) is 31.7. The molecule has 3 saturated carbocycles. The van der Waals surface area contributed by atoms with Gasteiger partial charge in [0.1, 0.15) is 116 Å². The minimum atomic E-state index is -1.81. The summed E-state index contributed by atoms with van der Waals surface area (Å²) in [5.74, 6) is 0.314. The summed E-state index contributed by atoms with van der Waals surface area (Å²) in [6.45, 7) is 18.2. The van der Waals surface area contributed by atoms with Gasteiger partial charge in [-0.3, -0.25) is 0 Å². The van der Waals surface area contributed by atoms with E-state index in [1.807, 2.05) is 20.8 Å². The molecule has 0 bridgehead atoms. The largest absolute Gasteiger partial charge is 0.394 e. The van der Waals surface area contributed by atoms with Crippen molar-refractivity contribution in [3.63, 3.8) is 0 Å². The Morgan fingerprint density at radius 3 is 1.55 bits per heavy atom. The molecule has 0 aromatic carbocycles. The summed E-state index contributed by atoms with van der Waals surface area (Å²) in [5.41, 5.74) is -1.20. The molecule has 0 aromatic rings. The van der Waals surface area contributed by atoms with E-state index < -0.39 is 215 Å². The lowest BCUT2D eigenvalue weighted by Gasteiger charge is -2.67. The molecule has 26 unspecified atom stereocenters. The summed E-state index contributed by atoms with van der Waals surface area (Å²) in [6.07, 6.45) is -33.6. The first kappa shape index (κ1) is 71.0. The van der Waals surface area contributed by atoms with Crippen LogP contribution in [0.3, 0.4) is 0 Å². The molecule has 88 heavy (non-hydrogen) atoms. The highest BCUT2D eigenvalue weighted by Crippen LogP contribution is 2.75. The summed E-state index contributed by atoms with van der Waals surface area (Å²) >= 11 is 0. The van der Waals surface area contributed by atoms with Gasteiger partial charge in [0.25, 0.3) is 0 Å². The van der Waals surface area contributed by atoms with Gasteiger partial charge in [-0.25, -0.2) is 0 Å². The van der Waals surface area contributed by atoms with Crippen LogP contribution in [0.15, 0.2) is 11.6 Å². The Bertz CT molecular complexity index is 2330. The van der Waals surface area contributed by atoms with Crippen LogP contribution in [0.4, 0.5) is 0 Å². The molecule has 9 aliphatic rings. The van der Waals surface area contributed by atoms with E-state index in [0.29, 0.717) is 38.5 Å². The van der Waals surface area contributed by atoms with Crippen LogP contribution in [-0.4, -0.2) is 285 Å². The number of aliphatic hydroxyl groups excluding tert-OH is 17. The third-order valence-electron chi connectivity index (χ3n) is 23.0. The average molecular weight is 1270 g/mol. The number of hydrogen-bond donors (Lipinski definition) is 17. The highest BCUT2D eigenvalue weighted by molar-refractivity contribution is 5.32. The SMILES string of the molecule is CC1OC(OC2C(OC(CC[C@@H](C)[C@H]3CC[C@@]4(C)[C@@H]5CC=C6[C@@H](CC[C@H](OC7OC(COC8OC(CO)C(O)C(O)C8O)C(O)C(O)C7O)C6(C)C)[C@]5(C)[C@H](O)C[C@]34C)C(C)(C)C)OC(COC3OC(CO)C(O)C(O)C3O)C(O)C2O)C(O)C(O)C1O. The van der Waals surface area contributed by atoms with Crippen LogP contribution < -0.4 is 0 Å². The van der Waals surface area contributed by atoms with E-state index in [1.165, 1.54) is 6.92 Å². The van der Waals surface area contributed by atoms with Crippen LogP contribution in [0.25, 0.3) is 0 Å². The van der Waals surface area contributed by atoms with Crippen LogP contribution in [0.5, 0.6) is 0 Å². The quantitative estimate of drug-likeness (QED) is 0.0604. The minimum absolute atomic E-state index is 0.0377. The molecule has 0 aromatic heterocycles. The average Bonchev–Trinajstić information content (AvgIpc) is 1.27. The molecule has 27 nitrogen and oxygen atoms in total. The zero-order chi connectivity index (χ0) is 64.8. The first-order valence-electron chi connectivity index (χ1n) is 31.7. The Morgan fingerprint density at radius 2 is 1.01 bits per heavy atom. The lowest BCUT2D eigenvalue weighted by Crippen LogP contribution is -2.65. The molecular formula is C61H104O27. The molecule has 35 atom stereocenters. The van der Waals surface area contributed by atoms with Crippen molar-refractivity contribution in [1.29, 1.82) is 0 Å². The molecule has 510 valence electrons. The van der Waals surface area contributed by atoms with Crippen molar-refractivity contribution < 1.29 is 134 Å². The summed E-state index contributed by atoms with van der Waals surface area (Å²) in [5, 5.41) is 184. The van der Waals surface area contributed by atoms with Gasteiger partial charge in [-0.2, -0.15) is 0 Å². The summed E-state index contributed by atoms with van der Waals surface area (Å²) in [7, 11) is 0. The molecule has 0 radical (unpaired) electrons. The Balaban J connectivity index is 0.880. The molecule has 0 spiro atoms. The summed E-state index contributed by atoms with van der Waals surface area (Å²) in [4.78, 5) is 0. The number of ether oxygens (including phenoxy) is 10. The maximum Gasteiger partial charge on any atom is 0.187 e. The van der Waals surface area contributed by atoms with Crippen molar-refractivity contribution in [1.82, 2.24) is 0 Å². The number of rotatable bonds is 18. The Morgan fingerprint density at radius 1 is 0.534 bits per heavy atom. The van der Waals surface area contributed by atoms with Gasteiger partial charge in [0, 0.05) is 10.8 Å². The van der Waals surface area contributed by atoms with Crippen molar-refractivity contribution in [2.24, 2.45) is 50.7 Å². The zero-order valence-electron chi connectivity index (χ0n) is 52.2. The standard InChI is InChI=1S/C61H104O27/c1-24(11-15-35(57(3,4)5)86-56-51(88-54-49(77)42(70)37(65)25(2)81-54)46(74)41(69)32(85-56)23-80-53-48(76)44(72)39(67)30(21-63)83-53)26-17-18-59(8)33-14-12-27-28(61(33,10)34(64)19-60(26,59)9)13-16-36(58(27,6)7)87-55-50(78)45(73)40(68)31(84-55)22-79-52-47(75)43(71)38(66)29(20-62)82-52/h12,24-26,28-56,62-78H,11,13-23H2,1-10H3/t24-,25?,26-,28-,29?,30?,31?,32?,33+,34-,35?,36+,37?,38?,39?,40?,41?,42?,43?,44?,45?,46?,47?,48?,49?,50?,51?,52?,53?,54?,55?,56?,59+,60-,61+/m1/s1. The van der Waals surface area contributed by atoms with Gasteiger partial charge >= 0.3 is 0 Å².